The van der Waals surface area contributed by atoms with Crippen molar-refractivity contribution < 1.29 is 18.0 Å². The van der Waals surface area contributed by atoms with Gasteiger partial charge in [-0.15, -0.1) is 0 Å². The Labute approximate surface area is 151 Å². The van der Waals surface area contributed by atoms with Gasteiger partial charge in [0.2, 0.25) is 5.91 Å². The maximum Gasteiger partial charge on any atom is 0.237 e. The van der Waals surface area contributed by atoms with Crippen molar-refractivity contribution in [2.45, 2.75) is 29.5 Å². The number of amides is 1. The van der Waals surface area contributed by atoms with Crippen molar-refractivity contribution in [1.82, 2.24) is 10.6 Å². The molecule has 0 radical (unpaired) electrons. The van der Waals surface area contributed by atoms with Gasteiger partial charge >= 0.3 is 0 Å². The molecule has 1 heterocycles. The smallest absolute Gasteiger partial charge is 0.237 e. The summed E-state index contributed by atoms with van der Waals surface area (Å²) in [7, 11) is -3.91. The van der Waals surface area contributed by atoms with Gasteiger partial charge in [0.15, 0.2) is 15.6 Å². The van der Waals surface area contributed by atoms with Crippen LogP contribution in [0.5, 0.6) is 0 Å². The molecule has 25 heavy (non-hydrogen) atoms. The third-order valence-corrected chi connectivity index (χ3v) is 6.77. The number of nitriles is 1. The summed E-state index contributed by atoms with van der Waals surface area (Å²) in [6, 6.07) is 7.16. The van der Waals surface area contributed by atoms with Crippen molar-refractivity contribution in [2.75, 3.05) is 13.1 Å². The summed E-state index contributed by atoms with van der Waals surface area (Å²) in [5, 5.41) is 12.6. The van der Waals surface area contributed by atoms with Crippen LogP contribution in [0.25, 0.3) is 0 Å². The zero-order valence-corrected chi connectivity index (χ0v) is 15.1. The number of hydrogen-bond donors (Lipinski definition) is 2. The van der Waals surface area contributed by atoms with Crippen LogP contribution in [-0.4, -0.2) is 44.5 Å². The molecule has 1 saturated heterocycles. The first-order valence-corrected chi connectivity index (χ1v) is 9.61. The molecule has 0 aliphatic carbocycles. The summed E-state index contributed by atoms with van der Waals surface area (Å²) in [6.07, 6.45) is 0.193. The Balaban J connectivity index is 2.10. The second kappa shape index (κ2) is 7.95. The van der Waals surface area contributed by atoms with Gasteiger partial charge in [0.1, 0.15) is 11.8 Å². The van der Waals surface area contributed by atoms with Gasteiger partial charge in [0, 0.05) is 12.5 Å². The number of carbonyl (C=O) groups is 2. The van der Waals surface area contributed by atoms with Crippen LogP contribution in [0.15, 0.2) is 29.2 Å². The molecule has 1 aliphatic heterocycles. The molecule has 0 aromatic heterocycles. The standard InChI is InChI=1S/C16H18ClN3O4S/c1-10(25(23,24)14-5-3-2-4-12(14)17)15(21)11-8-13(20-9-11)16(22)19-7-6-18/h2-5,10-11,13,20H,7-9H2,1H3,(H,19,22)/t10?,11-,13+/m1/s1. The molecule has 1 aromatic rings. The molecular weight excluding hydrogens is 366 g/mol. The van der Waals surface area contributed by atoms with E-state index < -0.39 is 32.8 Å². The Hall–Kier alpha value is -1.95. The highest BCUT2D eigenvalue weighted by molar-refractivity contribution is 7.93. The van der Waals surface area contributed by atoms with E-state index in [0.29, 0.717) is 0 Å². The van der Waals surface area contributed by atoms with Crippen LogP contribution in [0, 0.1) is 17.2 Å². The van der Waals surface area contributed by atoms with Gasteiger partial charge in [-0.2, -0.15) is 5.26 Å². The molecule has 134 valence electrons. The molecule has 1 unspecified atom stereocenters. The topological polar surface area (TPSA) is 116 Å². The molecule has 1 aromatic carbocycles. The summed E-state index contributed by atoms with van der Waals surface area (Å²) < 4.78 is 25.3. The van der Waals surface area contributed by atoms with Gasteiger partial charge in [0.25, 0.3) is 0 Å². The zero-order valence-electron chi connectivity index (χ0n) is 13.5. The average Bonchev–Trinajstić information content (AvgIpc) is 3.08. The molecule has 1 fully saturated rings. The molecule has 1 amide bonds. The number of carbonyl (C=O) groups excluding carboxylic acids is 2. The van der Waals surface area contributed by atoms with E-state index in [2.05, 4.69) is 10.6 Å². The van der Waals surface area contributed by atoms with E-state index in [1.54, 1.807) is 18.2 Å². The van der Waals surface area contributed by atoms with E-state index in [4.69, 9.17) is 16.9 Å². The van der Waals surface area contributed by atoms with E-state index >= 15 is 0 Å². The number of hydrogen-bond acceptors (Lipinski definition) is 6. The Kier molecular flexibility index (Phi) is 6.16. The lowest BCUT2D eigenvalue weighted by atomic mass is 9.98. The minimum atomic E-state index is -3.91. The van der Waals surface area contributed by atoms with Gasteiger partial charge in [-0.05, 0) is 25.5 Å². The molecule has 0 bridgehead atoms. The van der Waals surface area contributed by atoms with Crippen molar-refractivity contribution >= 4 is 33.1 Å². The second-order valence-electron chi connectivity index (χ2n) is 5.79. The summed E-state index contributed by atoms with van der Waals surface area (Å²) in [5.41, 5.74) is 0. The van der Waals surface area contributed by atoms with Crippen molar-refractivity contribution in [3.63, 3.8) is 0 Å². The van der Waals surface area contributed by atoms with Gasteiger partial charge < -0.3 is 10.6 Å². The molecule has 3 atom stereocenters. The number of ketones is 1. The summed E-state index contributed by atoms with van der Waals surface area (Å²) in [4.78, 5) is 24.4. The largest absolute Gasteiger partial charge is 0.342 e. The maximum atomic E-state index is 12.7. The minimum absolute atomic E-state index is 0.0699. The molecule has 2 rings (SSSR count). The Bertz CT molecular complexity index is 819. The van der Waals surface area contributed by atoms with E-state index in [1.165, 1.54) is 19.1 Å². The maximum absolute atomic E-state index is 12.7. The highest BCUT2D eigenvalue weighted by atomic mass is 35.5. The molecule has 1 aliphatic rings. The molecule has 0 saturated carbocycles. The van der Waals surface area contributed by atoms with E-state index in [-0.39, 0.29) is 35.3 Å². The molecular formula is C16H18ClN3O4S. The fraction of sp³-hybridized carbons (Fsp3) is 0.438. The van der Waals surface area contributed by atoms with E-state index in [1.807, 2.05) is 0 Å². The highest BCUT2D eigenvalue weighted by Crippen LogP contribution is 2.27. The zero-order chi connectivity index (χ0) is 18.6. The number of sulfone groups is 1. The van der Waals surface area contributed by atoms with Crippen LogP contribution in [0.1, 0.15) is 13.3 Å². The van der Waals surface area contributed by atoms with Crippen molar-refractivity contribution in [3.05, 3.63) is 29.3 Å². The third-order valence-electron chi connectivity index (χ3n) is 4.20. The summed E-state index contributed by atoms with van der Waals surface area (Å²) in [5.74, 6) is -1.42. The number of nitrogens with zero attached hydrogens (tertiary/aromatic N) is 1. The Morgan fingerprint density at radius 3 is 2.76 bits per heavy atom. The number of Topliss-reactive ketones (excluding diaryl/α,β-unsaturated/α-hetero) is 1. The fourth-order valence-electron chi connectivity index (χ4n) is 2.75. The third kappa shape index (κ3) is 4.18. The normalized spacial score (nSPS) is 21.3. The van der Waals surface area contributed by atoms with Crippen LogP contribution < -0.4 is 10.6 Å². The number of halogens is 1. The second-order valence-corrected chi connectivity index (χ2v) is 8.43. The lowest BCUT2D eigenvalue weighted by Gasteiger charge is -2.16. The molecule has 2 N–H and O–H groups in total. The van der Waals surface area contributed by atoms with Crippen molar-refractivity contribution in [3.8, 4) is 6.07 Å². The summed E-state index contributed by atoms with van der Waals surface area (Å²) >= 11 is 5.95. The van der Waals surface area contributed by atoms with E-state index in [9.17, 15) is 18.0 Å². The van der Waals surface area contributed by atoms with Gasteiger partial charge in [-0.25, -0.2) is 8.42 Å². The quantitative estimate of drug-likeness (QED) is 0.698. The highest BCUT2D eigenvalue weighted by Gasteiger charge is 2.40. The van der Waals surface area contributed by atoms with Gasteiger partial charge in [0.05, 0.1) is 22.0 Å². The lowest BCUT2D eigenvalue weighted by Crippen LogP contribution is -2.40. The first kappa shape index (κ1) is 19.4. The first-order chi connectivity index (χ1) is 11.8. The van der Waals surface area contributed by atoms with Crippen LogP contribution in [0.2, 0.25) is 5.02 Å². The number of rotatable bonds is 6. The van der Waals surface area contributed by atoms with Crippen molar-refractivity contribution in [2.24, 2.45) is 5.92 Å². The predicted octanol–water partition coefficient (Wildman–Crippen LogP) is 0.689. The van der Waals surface area contributed by atoms with Crippen molar-refractivity contribution in [1.29, 1.82) is 5.26 Å². The minimum Gasteiger partial charge on any atom is -0.342 e. The number of nitrogens with one attached hydrogen (secondary N) is 2. The van der Waals surface area contributed by atoms with Gasteiger partial charge in [-0.1, -0.05) is 23.7 Å². The fourth-order valence-corrected chi connectivity index (χ4v) is 4.70. The molecule has 7 nitrogen and oxygen atoms in total. The average molecular weight is 384 g/mol. The number of benzene rings is 1. The SMILES string of the molecule is CC(C(=O)[C@H]1CN[C@H](C(=O)NCC#N)C1)S(=O)(=O)c1ccccc1Cl. The first-order valence-electron chi connectivity index (χ1n) is 7.69. The van der Waals surface area contributed by atoms with Crippen LogP contribution in [-0.2, 0) is 19.4 Å². The summed E-state index contributed by atoms with van der Waals surface area (Å²) in [6.45, 7) is 1.43. The van der Waals surface area contributed by atoms with Crippen LogP contribution in [0.3, 0.4) is 0 Å². The molecule has 0 spiro atoms. The Morgan fingerprint density at radius 2 is 2.12 bits per heavy atom. The monoisotopic (exact) mass is 383 g/mol. The lowest BCUT2D eigenvalue weighted by molar-refractivity contribution is -0.123. The van der Waals surface area contributed by atoms with Crippen LogP contribution >= 0.6 is 11.6 Å². The Morgan fingerprint density at radius 1 is 1.44 bits per heavy atom. The van der Waals surface area contributed by atoms with Crippen LogP contribution in [0.4, 0.5) is 0 Å². The van der Waals surface area contributed by atoms with E-state index in [0.717, 1.165) is 0 Å². The predicted molar refractivity (Wildman–Crippen MR) is 91.6 cm³/mol. The van der Waals surface area contributed by atoms with Gasteiger partial charge in [-0.3, -0.25) is 9.59 Å². The molecule has 9 heteroatoms.